The van der Waals surface area contributed by atoms with E-state index in [1.165, 1.54) is 0 Å². The molecule has 0 saturated heterocycles. The van der Waals surface area contributed by atoms with Crippen LogP contribution in [0, 0.1) is 6.92 Å². The zero-order chi connectivity index (χ0) is 12.3. The molecule has 1 aromatic heterocycles. The van der Waals surface area contributed by atoms with E-state index in [0.717, 1.165) is 11.1 Å². The van der Waals surface area contributed by atoms with E-state index in [2.05, 4.69) is 4.98 Å². The number of nitrogens with zero attached hydrogens (tertiary/aromatic N) is 1. The molecule has 0 aliphatic heterocycles. The molecule has 0 atom stereocenters. The molecule has 0 amide bonds. The van der Waals surface area contributed by atoms with E-state index >= 15 is 0 Å². The molecule has 0 fully saturated rings. The number of ether oxygens (including phenoxy) is 1. The topological polar surface area (TPSA) is 48.1 Å². The quantitative estimate of drug-likeness (QED) is 0.907. The normalized spacial score (nSPS) is 10.3. The Morgan fingerprint density at radius 1 is 1.35 bits per heavy atom. The van der Waals surface area contributed by atoms with Gasteiger partial charge in [0.1, 0.15) is 5.75 Å². The van der Waals surface area contributed by atoms with Crippen LogP contribution < -0.4 is 10.5 Å². The lowest BCUT2D eigenvalue weighted by atomic mass is 10.2. The number of hydrogen-bond donors (Lipinski definition) is 1. The minimum absolute atomic E-state index is 0.382. The number of aryl methyl sites for hydroxylation is 1. The second-order valence-electron chi connectivity index (χ2n) is 3.71. The third kappa shape index (κ3) is 2.75. The van der Waals surface area contributed by atoms with E-state index in [4.69, 9.17) is 22.1 Å². The molecule has 88 valence electrons. The van der Waals surface area contributed by atoms with E-state index in [9.17, 15) is 0 Å². The summed E-state index contributed by atoms with van der Waals surface area (Å²) in [5.74, 6) is 1.09. The van der Waals surface area contributed by atoms with Crippen molar-refractivity contribution < 1.29 is 4.74 Å². The van der Waals surface area contributed by atoms with Gasteiger partial charge in [0.2, 0.25) is 5.88 Å². The van der Waals surface area contributed by atoms with Gasteiger partial charge in [0.15, 0.2) is 0 Å². The molecule has 0 aliphatic carbocycles. The Labute approximate surface area is 105 Å². The van der Waals surface area contributed by atoms with E-state index in [-0.39, 0.29) is 0 Å². The average molecular weight is 249 g/mol. The fraction of sp³-hybridized carbons (Fsp3) is 0.154. The van der Waals surface area contributed by atoms with Crippen molar-refractivity contribution >= 4 is 11.6 Å². The van der Waals surface area contributed by atoms with Crippen LogP contribution in [-0.2, 0) is 6.54 Å². The van der Waals surface area contributed by atoms with Gasteiger partial charge >= 0.3 is 0 Å². The Hall–Kier alpha value is -1.58. The highest BCUT2D eigenvalue weighted by Crippen LogP contribution is 2.30. The minimum Gasteiger partial charge on any atom is -0.437 e. The third-order valence-electron chi connectivity index (χ3n) is 2.36. The molecule has 0 unspecified atom stereocenters. The van der Waals surface area contributed by atoms with Crippen LogP contribution in [0.25, 0.3) is 0 Å². The van der Waals surface area contributed by atoms with Crippen molar-refractivity contribution in [3.63, 3.8) is 0 Å². The molecule has 4 heteroatoms. The Morgan fingerprint density at radius 3 is 2.88 bits per heavy atom. The third-order valence-corrected chi connectivity index (χ3v) is 2.66. The fourth-order valence-electron chi connectivity index (χ4n) is 1.46. The summed E-state index contributed by atoms with van der Waals surface area (Å²) in [5.41, 5.74) is 7.55. The van der Waals surface area contributed by atoms with E-state index in [0.29, 0.717) is 23.2 Å². The van der Waals surface area contributed by atoms with Crippen LogP contribution in [0.1, 0.15) is 11.1 Å². The van der Waals surface area contributed by atoms with Crippen LogP contribution in [0.2, 0.25) is 5.02 Å². The highest BCUT2D eigenvalue weighted by molar-refractivity contribution is 6.32. The smallest absolute Gasteiger partial charge is 0.223 e. The van der Waals surface area contributed by atoms with Gasteiger partial charge in [-0.05, 0) is 30.7 Å². The molecule has 2 aromatic rings. The average Bonchev–Trinajstić information content (AvgIpc) is 2.33. The maximum absolute atomic E-state index is 6.09. The monoisotopic (exact) mass is 248 g/mol. The first kappa shape index (κ1) is 11.9. The molecule has 0 aliphatic rings. The van der Waals surface area contributed by atoms with Crippen molar-refractivity contribution in [2.45, 2.75) is 13.5 Å². The molecule has 2 N–H and O–H groups in total. The second kappa shape index (κ2) is 5.17. The molecule has 0 saturated carbocycles. The first-order chi connectivity index (χ1) is 8.20. The summed E-state index contributed by atoms with van der Waals surface area (Å²) in [6.45, 7) is 2.36. The Morgan fingerprint density at radius 2 is 2.18 bits per heavy atom. The Kier molecular flexibility index (Phi) is 3.61. The number of benzene rings is 1. The number of halogens is 1. The van der Waals surface area contributed by atoms with Gasteiger partial charge in [0, 0.05) is 18.3 Å². The van der Waals surface area contributed by atoms with Gasteiger partial charge in [-0.15, -0.1) is 0 Å². The summed E-state index contributed by atoms with van der Waals surface area (Å²) >= 11 is 6.09. The second-order valence-corrected chi connectivity index (χ2v) is 4.11. The van der Waals surface area contributed by atoms with E-state index in [1.807, 2.05) is 37.3 Å². The number of nitrogens with two attached hydrogens (primary N) is 1. The van der Waals surface area contributed by atoms with Crippen LogP contribution in [0.15, 0.2) is 36.5 Å². The largest absolute Gasteiger partial charge is 0.437 e. The van der Waals surface area contributed by atoms with Crippen LogP contribution in [0.3, 0.4) is 0 Å². The van der Waals surface area contributed by atoms with Crippen LogP contribution in [0.5, 0.6) is 11.6 Å². The predicted octanol–water partition coefficient (Wildman–Crippen LogP) is 3.29. The standard InChI is InChI=1S/C13H13ClN2O/c1-9-4-5-12(11(14)7-9)17-13-10(8-15)3-2-6-16-13/h2-7H,8,15H2,1H3. The van der Waals surface area contributed by atoms with E-state index in [1.54, 1.807) is 6.20 Å². The van der Waals surface area contributed by atoms with Crippen molar-refractivity contribution in [2.75, 3.05) is 0 Å². The highest BCUT2D eigenvalue weighted by Gasteiger charge is 2.07. The zero-order valence-electron chi connectivity index (χ0n) is 9.48. The van der Waals surface area contributed by atoms with Crippen molar-refractivity contribution in [3.05, 3.63) is 52.7 Å². The van der Waals surface area contributed by atoms with Crippen molar-refractivity contribution in [3.8, 4) is 11.6 Å². The minimum atomic E-state index is 0.382. The highest BCUT2D eigenvalue weighted by atomic mass is 35.5. The van der Waals surface area contributed by atoms with Crippen molar-refractivity contribution in [1.82, 2.24) is 4.98 Å². The molecule has 1 heterocycles. The maximum atomic E-state index is 6.09. The predicted molar refractivity (Wildman–Crippen MR) is 68.4 cm³/mol. The molecular weight excluding hydrogens is 236 g/mol. The summed E-state index contributed by atoms with van der Waals surface area (Å²) in [7, 11) is 0. The van der Waals surface area contributed by atoms with Gasteiger partial charge in [-0.1, -0.05) is 23.7 Å². The summed E-state index contributed by atoms with van der Waals surface area (Å²) in [6.07, 6.45) is 1.66. The molecule has 17 heavy (non-hydrogen) atoms. The molecular formula is C13H13ClN2O. The lowest BCUT2D eigenvalue weighted by molar-refractivity contribution is 0.456. The first-order valence-electron chi connectivity index (χ1n) is 5.28. The molecule has 0 radical (unpaired) electrons. The van der Waals surface area contributed by atoms with Gasteiger partial charge in [0.25, 0.3) is 0 Å². The van der Waals surface area contributed by atoms with Crippen LogP contribution >= 0.6 is 11.6 Å². The lowest BCUT2D eigenvalue weighted by Crippen LogP contribution is -2.01. The maximum Gasteiger partial charge on any atom is 0.223 e. The molecule has 3 nitrogen and oxygen atoms in total. The van der Waals surface area contributed by atoms with Gasteiger partial charge in [-0.2, -0.15) is 0 Å². The Bertz CT molecular complexity index is 529. The van der Waals surface area contributed by atoms with Gasteiger partial charge in [-0.3, -0.25) is 0 Å². The molecule has 0 bridgehead atoms. The lowest BCUT2D eigenvalue weighted by Gasteiger charge is -2.10. The number of rotatable bonds is 3. The van der Waals surface area contributed by atoms with Gasteiger partial charge in [-0.25, -0.2) is 4.98 Å². The van der Waals surface area contributed by atoms with Crippen molar-refractivity contribution in [1.29, 1.82) is 0 Å². The van der Waals surface area contributed by atoms with Crippen molar-refractivity contribution in [2.24, 2.45) is 5.73 Å². The summed E-state index contributed by atoms with van der Waals surface area (Å²) in [5, 5.41) is 0.568. The van der Waals surface area contributed by atoms with Gasteiger partial charge < -0.3 is 10.5 Å². The zero-order valence-corrected chi connectivity index (χ0v) is 10.2. The number of aromatic nitrogens is 1. The SMILES string of the molecule is Cc1ccc(Oc2ncccc2CN)c(Cl)c1. The summed E-state index contributed by atoms with van der Waals surface area (Å²) in [6, 6.07) is 9.32. The number of pyridine rings is 1. The fourth-order valence-corrected chi connectivity index (χ4v) is 1.74. The van der Waals surface area contributed by atoms with Gasteiger partial charge in [0.05, 0.1) is 5.02 Å². The summed E-state index contributed by atoms with van der Waals surface area (Å²) < 4.78 is 5.66. The molecule has 0 spiro atoms. The van der Waals surface area contributed by atoms with Crippen LogP contribution in [0.4, 0.5) is 0 Å². The molecule has 1 aromatic carbocycles. The number of hydrogen-bond acceptors (Lipinski definition) is 3. The summed E-state index contributed by atoms with van der Waals surface area (Å²) in [4.78, 5) is 4.15. The Balaban J connectivity index is 2.31. The van der Waals surface area contributed by atoms with E-state index < -0.39 is 0 Å². The van der Waals surface area contributed by atoms with Crippen LogP contribution in [-0.4, -0.2) is 4.98 Å². The first-order valence-corrected chi connectivity index (χ1v) is 5.66. The molecule has 2 rings (SSSR count).